The number of anilines is 1. The summed E-state index contributed by atoms with van der Waals surface area (Å²) >= 11 is 5.17. The van der Waals surface area contributed by atoms with E-state index in [4.69, 9.17) is 0 Å². The molecular formula is C11H13BrFNS. The quantitative estimate of drug-likeness (QED) is 0.886. The summed E-state index contributed by atoms with van der Waals surface area (Å²) in [6.07, 6.45) is 2.48. The average Bonchev–Trinajstić information content (AvgIpc) is 2.25. The molecule has 82 valence electrons. The summed E-state index contributed by atoms with van der Waals surface area (Å²) in [5.41, 5.74) is 0.996. The molecule has 1 heterocycles. The van der Waals surface area contributed by atoms with Crippen molar-refractivity contribution in [2.75, 3.05) is 16.8 Å². The van der Waals surface area contributed by atoms with E-state index in [0.717, 1.165) is 11.4 Å². The molecule has 0 saturated carbocycles. The SMILES string of the molecule is Fc1ccc(N[C@@H]2CCCSC2)cc1Br. The van der Waals surface area contributed by atoms with Crippen LogP contribution in [0.5, 0.6) is 0 Å². The maximum absolute atomic E-state index is 13.0. The molecule has 1 aliphatic heterocycles. The van der Waals surface area contributed by atoms with Crippen LogP contribution in [0.15, 0.2) is 22.7 Å². The number of halogens is 2. The lowest BCUT2D eigenvalue weighted by molar-refractivity contribution is 0.620. The van der Waals surface area contributed by atoms with Crippen LogP contribution in [0.1, 0.15) is 12.8 Å². The van der Waals surface area contributed by atoms with E-state index >= 15 is 0 Å². The van der Waals surface area contributed by atoms with Gasteiger partial charge in [0.25, 0.3) is 0 Å². The summed E-state index contributed by atoms with van der Waals surface area (Å²) in [5.74, 6) is 2.21. The van der Waals surface area contributed by atoms with Gasteiger partial charge in [0.1, 0.15) is 5.82 Å². The fourth-order valence-corrected chi connectivity index (χ4v) is 3.13. The fourth-order valence-electron chi connectivity index (χ4n) is 1.68. The minimum absolute atomic E-state index is 0.210. The topological polar surface area (TPSA) is 12.0 Å². The van der Waals surface area contributed by atoms with Gasteiger partial charge in [0, 0.05) is 17.5 Å². The molecule has 15 heavy (non-hydrogen) atoms. The molecule has 1 aliphatic rings. The van der Waals surface area contributed by atoms with Crippen LogP contribution in [0.4, 0.5) is 10.1 Å². The first-order valence-corrected chi connectivity index (χ1v) is 7.00. The van der Waals surface area contributed by atoms with Crippen molar-refractivity contribution in [3.8, 4) is 0 Å². The molecule has 1 N–H and O–H groups in total. The van der Waals surface area contributed by atoms with Gasteiger partial charge in [-0.05, 0) is 52.7 Å². The molecular weight excluding hydrogens is 277 g/mol. The maximum Gasteiger partial charge on any atom is 0.137 e. The third kappa shape index (κ3) is 3.11. The minimum atomic E-state index is -0.210. The lowest BCUT2D eigenvalue weighted by Crippen LogP contribution is -2.25. The monoisotopic (exact) mass is 289 g/mol. The zero-order chi connectivity index (χ0) is 10.7. The van der Waals surface area contributed by atoms with E-state index in [1.807, 2.05) is 11.8 Å². The van der Waals surface area contributed by atoms with Gasteiger partial charge in [0.15, 0.2) is 0 Å². The highest BCUT2D eigenvalue weighted by atomic mass is 79.9. The normalized spacial score (nSPS) is 21.3. The second-order valence-corrected chi connectivity index (χ2v) is 5.69. The lowest BCUT2D eigenvalue weighted by atomic mass is 10.1. The molecule has 0 amide bonds. The molecule has 1 fully saturated rings. The van der Waals surface area contributed by atoms with Crippen LogP contribution in [0.2, 0.25) is 0 Å². The number of nitrogens with one attached hydrogen (secondary N) is 1. The van der Waals surface area contributed by atoms with E-state index in [0.29, 0.717) is 10.5 Å². The Bertz CT molecular complexity index is 339. The van der Waals surface area contributed by atoms with E-state index < -0.39 is 0 Å². The predicted octanol–water partition coefficient (Wildman–Crippen LogP) is 3.90. The standard InChI is InChI=1S/C11H13BrFNS/c12-10-6-8(3-4-11(10)13)14-9-2-1-5-15-7-9/h3-4,6,9,14H,1-2,5,7H2/t9-/m1/s1. The molecule has 0 bridgehead atoms. The summed E-state index contributed by atoms with van der Waals surface area (Å²) in [7, 11) is 0. The van der Waals surface area contributed by atoms with Gasteiger partial charge in [-0.2, -0.15) is 11.8 Å². The van der Waals surface area contributed by atoms with Crippen LogP contribution in [0.25, 0.3) is 0 Å². The van der Waals surface area contributed by atoms with Crippen LogP contribution >= 0.6 is 27.7 Å². The first-order chi connectivity index (χ1) is 7.25. The van der Waals surface area contributed by atoms with Crippen molar-refractivity contribution in [3.63, 3.8) is 0 Å². The number of hydrogen-bond donors (Lipinski definition) is 1. The van der Waals surface area contributed by atoms with Crippen molar-refractivity contribution in [1.29, 1.82) is 0 Å². The summed E-state index contributed by atoms with van der Waals surface area (Å²) in [6, 6.07) is 5.61. The van der Waals surface area contributed by atoms with Gasteiger partial charge in [-0.15, -0.1) is 0 Å². The minimum Gasteiger partial charge on any atom is -0.381 e. The zero-order valence-electron chi connectivity index (χ0n) is 8.30. The summed E-state index contributed by atoms with van der Waals surface area (Å²) < 4.78 is 13.5. The van der Waals surface area contributed by atoms with Gasteiger partial charge >= 0.3 is 0 Å². The molecule has 0 radical (unpaired) electrons. The number of benzene rings is 1. The predicted molar refractivity (Wildman–Crippen MR) is 68.1 cm³/mol. The second-order valence-electron chi connectivity index (χ2n) is 3.69. The van der Waals surface area contributed by atoms with Crippen LogP contribution in [-0.2, 0) is 0 Å². The maximum atomic E-state index is 13.0. The summed E-state index contributed by atoms with van der Waals surface area (Å²) in [4.78, 5) is 0. The van der Waals surface area contributed by atoms with Gasteiger partial charge in [0.05, 0.1) is 4.47 Å². The Labute approximate surface area is 102 Å². The Morgan fingerprint density at radius 1 is 1.47 bits per heavy atom. The fraction of sp³-hybridized carbons (Fsp3) is 0.455. The number of thioether (sulfide) groups is 1. The first-order valence-electron chi connectivity index (χ1n) is 5.05. The van der Waals surface area contributed by atoms with Crippen molar-refractivity contribution in [2.24, 2.45) is 0 Å². The van der Waals surface area contributed by atoms with Crippen molar-refractivity contribution in [3.05, 3.63) is 28.5 Å². The Hall–Kier alpha value is -0.220. The van der Waals surface area contributed by atoms with Gasteiger partial charge in [-0.25, -0.2) is 4.39 Å². The molecule has 1 saturated heterocycles. The van der Waals surface area contributed by atoms with Crippen LogP contribution in [0, 0.1) is 5.82 Å². The summed E-state index contributed by atoms with van der Waals surface area (Å²) in [5, 5.41) is 3.43. The summed E-state index contributed by atoms with van der Waals surface area (Å²) in [6.45, 7) is 0. The van der Waals surface area contributed by atoms with E-state index in [1.54, 1.807) is 12.1 Å². The molecule has 4 heteroatoms. The van der Waals surface area contributed by atoms with Crippen molar-refractivity contribution < 1.29 is 4.39 Å². The molecule has 0 aliphatic carbocycles. The van der Waals surface area contributed by atoms with E-state index in [9.17, 15) is 4.39 Å². The third-order valence-electron chi connectivity index (χ3n) is 2.45. The van der Waals surface area contributed by atoms with Gasteiger partial charge < -0.3 is 5.32 Å². The molecule has 0 unspecified atom stereocenters. The first kappa shape index (κ1) is 11.3. The van der Waals surface area contributed by atoms with Gasteiger partial charge in [0.2, 0.25) is 0 Å². The van der Waals surface area contributed by atoms with Crippen LogP contribution in [0.3, 0.4) is 0 Å². The zero-order valence-corrected chi connectivity index (χ0v) is 10.7. The average molecular weight is 290 g/mol. The Kier molecular flexibility index (Phi) is 3.92. The van der Waals surface area contributed by atoms with Crippen LogP contribution < -0.4 is 5.32 Å². The third-order valence-corrected chi connectivity index (χ3v) is 4.27. The van der Waals surface area contributed by atoms with Gasteiger partial charge in [-0.3, -0.25) is 0 Å². The molecule has 1 nitrogen and oxygen atoms in total. The van der Waals surface area contributed by atoms with E-state index in [2.05, 4.69) is 21.2 Å². The molecule has 1 aromatic carbocycles. The lowest BCUT2D eigenvalue weighted by Gasteiger charge is -2.23. The molecule has 0 spiro atoms. The van der Waals surface area contributed by atoms with Crippen molar-refractivity contribution >= 4 is 33.4 Å². The van der Waals surface area contributed by atoms with Crippen LogP contribution in [-0.4, -0.2) is 17.5 Å². The van der Waals surface area contributed by atoms with Crippen molar-refractivity contribution in [2.45, 2.75) is 18.9 Å². The van der Waals surface area contributed by atoms with E-state index in [-0.39, 0.29) is 5.82 Å². The second kappa shape index (κ2) is 5.21. The Balaban J connectivity index is 2.00. The van der Waals surface area contributed by atoms with Crippen molar-refractivity contribution in [1.82, 2.24) is 0 Å². The smallest absolute Gasteiger partial charge is 0.137 e. The number of rotatable bonds is 2. The number of hydrogen-bond acceptors (Lipinski definition) is 2. The highest BCUT2D eigenvalue weighted by molar-refractivity contribution is 9.10. The highest BCUT2D eigenvalue weighted by Crippen LogP contribution is 2.24. The Morgan fingerprint density at radius 3 is 3.00 bits per heavy atom. The highest BCUT2D eigenvalue weighted by Gasteiger charge is 2.13. The molecule has 1 atom stereocenters. The largest absolute Gasteiger partial charge is 0.381 e. The Morgan fingerprint density at radius 2 is 2.33 bits per heavy atom. The van der Waals surface area contributed by atoms with Gasteiger partial charge in [-0.1, -0.05) is 0 Å². The molecule has 2 rings (SSSR count). The molecule has 1 aromatic rings. The molecule has 0 aromatic heterocycles. The van der Waals surface area contributed by atoms with E-state index in [1.165, 1.54) is 24.7 Å².